The summed E-state index contributed by atoms with van der Waals surface area (Å²) in [4.78, 5) is 0. The van der Waals surface area contributed by atoms with Gasteiger partial charge in [-0.1, -0.05) is 61.1 Å². The van der Waals surface area contributed by atoms with Gasteiger partial charge in [0.25, 0.3) is 0 Å². The Morgan fingerprint density at radius 2 is 0.690 bits per heavy atom. The molecule has 8 heteroatoms. The molecule has 4 atom stereocenters. The summed E-state index contributed by atoms with van der Waals surface area (Å²) in [6, 6.07) is 15.6. The minimum absolute atomic E-state index is 0.189. The maximum atomic E-state index is 6.03. The first-order valence-corrected chi connectivity index (χ1v) is 15.8. The van der Waals surface area contributed by atoms with Crippen LogP contribution in [0.5, 0.6) is 0 Å². The molecule has 1 aliphatic heterocycles. The number of hydrogen-bond acceptors (Lipinski definition) is 8. The van der Waals surface area contributed by atoms with E-state index in [4.69, 9.17) is 39.9 Å². The Morgan fingerprint density at radius 3 is 0.929 bits per heavy atom. The van der Waals surface area contributed by atoms with E-state index >= 15 is 0 Å². The minimum Gasteiger partial charge on any atom is -0.399 e. The summed E-state index contributed by atoms with van der Waals surface area (Å²) in [5, 5.41) is 0. The van der Waals surface area contributed by atoms with Crippen LogP contribution in [0.4, 0.5) is 11.4 Å². The van der Waals surface area contributed by atoms with Crippen LogP contribution in [0.1, 0.15) is 62.5 Å². The number of nitrogen functional groups attached to an aromatic ring is 2. The SMILES string of the molecule is C1CCC2OCCOCCOC3CCCCC3OCCOCCOC2C1.Cc1ccc(N)cc1.Cc1ccc(N)cc1. The summed E-state index contributed by atoms with van der Waals surface area (Å²) >= 11 is 0. The zero-order valence-electron chi connectivity index (χ0n) is 25.8. The number of anilines is 2. The van der Waals surface area contributed by atoms with Crippen molar-refractivity contribution < 1.29 is 28.4 Å². The van der Waals surface area contributed by atoms with Crippen LogP contribution in [0.15, 0.2) is 48.5 Å². The topological polar surface area (TPSA) is 107 Å². The Morgan fingerprint density at radius 1 is 0.429 bits per heavy atom. The third-order valence-electron chi connectivity index (χ3n) is 7.68. The lowest BCUT2D eigenvalue weighted by Crippen LogP contribution is -2.37. The number of rotatable bonds is 0. The zero-order chi connectivity index (χ0) is 29.8. The molecule has 0 spiro atoms. The maximum Gasteiger partial charge on any atom is 0.0837 e. The summed E-state index contributed by atoms with van der Waals surface area (Å²) < 4.78 is 35.5. The molecule has 8 nitrogen and oxygen atoms in total. The molecule has 4 unspecified atom stereocenters. The Balaban J connectivity index is 0.000000244. The molecular weight excluding hydrogens is 532 g/mol. The fourth-order valence-electron chi connectivity index (χ4n) is 5.26. The molecule has 0 bridgehead atoms. The van der Waals surface area contributed by atoms with Gasteiger partial charge in [0.2, 0.25) is 0 Å². The summed E-state index contributed by atoms with van der Waals surface area (Å²) in [5.74, 6) is 0. The van der Waals surface area contributed by atoms with Crippen LogP contribution in [0.2, 0.25) is 0 Å². The molecule has 2 saturated carbocycles. The zero-order valence-corrected chi connectivity index (χ0v) is 25.8. The van der Waals surface area contributed by atoms with Gasteiger partial charge in [0, 0.05) is 11.4 Å². The molecule has 0 amide bonds. The molecule has 3 fully saturated rings. The second-order valence-electron chi connectivity index (χ2n) is 11.3. The van der Waals surface area contributed by atoms with Crippen molar-refractivity contribution in [1.29, 1.82) is 0 Å². The van der Waals surface area contributed by atoms with Gasteiger partial charge < -0.3 is 39.9 Å². The average molecular weight is 587 g/mol. The van der Waals surface area contributed by atoms with E-state index in [1.165, 1.54) is 36.8 Å². The van der Waals surface area contributed by atoms with Gasteiger partial charge in [-0.05, 0) is 63.8 Å². The molecule has 5 rings (SSSR count). The van der Waals surface area contributed by atoms with E-state index in [0.29, 0.717) is 52.9 Å². The van der Waals surface area contributed by atoms with Crippen molar-refractivity contribution >= 4 is 11.4 Å². The van der Waals surface area contributed by atoms with Gasteiger partial charge in [-0.15, -0.1) is 0 Å². The molecule has 0 radical (unpaired) electrons. The standard InChI is InChI=1S/C20H36O6.2C7H9N/c1-2-6-18-17(5-1)23-13-9-21-11-15-25-19-7-3-4-8-20(19)26-16-12-22-10-14-24-18;2*1-6-2-4-7(8)5-3-6/h17-20H,1-16H2;2*2-5H,8H2,1H3. The third-order valence-corrected chi connectivity index (χ3v) is 7.68. The fourth-order valence-corrected chi connectivity index (χ4v) is 5.26. The van der Waals surface area contributed by atoms with Crippen molar-refractivity contribution in [2.45, 2.75) is 89.6 Å². The van der Waals surface area contributed by atoms with Gasteiger partial charge in [-0.2, -0.15) is 0 Å². The number of fused-ring (bicyclic) bond motifs is 2. The van der Waals surface area contributed by atoms with E-state index in [1.54, 1.807) is 0 Å². The van der Waals surface area contributed by atoms with E-state index in [0.717, 1.165) is 37.1 Å². The van der Waals surface area contributed by atoms with E-state index < -0.39 is 0 Å². The van der Waals surface area contributed by atoms with Crippen molar-refractivity contribution in [3.8, 4) is 0 Å². The van der Waals surface area contributed by atoms with Gasteiger partial charge >= 0.3 is 0 Å². The molecule has 2 aromatic rings. The Hall–Kier alpha value is -2.20. The quantitative estimate of drug-likeness (QED) is 0.369. The van der Waals surface area contributed by atoms with Crippen LogP contribution in [0, 0.1) is 13.8 Å². The monoisotopic (exact) mass is 586 g/mol. The second kappa shape index (κ2) is 20.7. The normalized spacial score (nSPS) is 26.3. The predicted molar refractivity (Wildman–Crippen MR) is 169 cm³/mol. The van der Waals surface area contributed by atoms with Crippen molar-refractivity contribution in [1.82, 2.24) is 0 Å². The molecule has 1 heterocycles. The van der Waals surface area contributed by atoms with Crippen LogP contribution < -0.4 is 11.5 Å². The lowest BCUT2D eigenvalue weighted by molar-refractivity contribution is -0.129. The molecule has 1 saturated heterocycles. The highest BCUT2D eigenvalue weighted by Gasteiger charge is 2.27. The Kier molecular flexibility index (Phi) is 16.9. The van der Waals surface area contributed by atoms with Gasteiger partial charge in [0.1, 0.15) is 0 Å². The van der Waals surface area contributed by atoms with Crippen molar-refractivity contribution in [3.63, 3.8) is 0 Å². The smallest absolute Gasteiger partial charge is 0.0837 e. The highest BCUT2D eigenvalue weighted by atomic mass is 16.6. The van der Waals surface area contributed by atoms with Crippen LogP contribution in [-0.4, -0.2) is 77.3 Å². The highest BCUT2D eigenvalue weighted by Crippen LogP contribution is 2.25. The molecule has 3 aliphatic rings. The van der Waals surface area contributed by atoms with Crippen LogP contribution in [-0.2, 0) is 28.4 Å². The van der Waals surface area contributed by atoms with Gasteiger partial charge in [0.05, 0.1) is 77.3 Å². The predicted octanol–water partition coefficient (Wildman–Crippen LogP) is 5.88. The largest absolute Gasteiger partial charge is 0.399 e. The lowest BCUT2D eigenvalue weighted by Gasteiger charge is -2.32. The first-order chi connectivity index (χ1) is 20.5. The summed E-state index contributed by atoms with van der Waals surface area (Å²) in [7, 11) is 0. The van der Waals surface area contributed by atoms with Crippen molar-refractivity contribution in [2.24, 2.45) is 0 Å². The first kappa shape index (κ1) is 34.3. The van der Waals surface area contributed by atoms with E-state index in [1.807, 2.05) is 62.4 Å². The number of benzene rings is 2. The Bertz CT molecular complexity index is 791. The number of hydrogen-bond donors (Lipinski definition) is 2. The molecule has 0 aromatic heterocycles. The van der Waals surface area contributed by atoms with Gasteiger partial charge in [-0.25, -0.2) is 0 Å². The van der Waals surface area contributed by atoms with Crippen LogP contribution in [0.3, 0.4) is 0 Å². The van der Waals surface area contributed by atoms with Crippen LogP contribution in [0.25, 0.3) is 0 Å². The second-order valence-corrected chi connectivity index (χ2v) is 11.3. The van der Waals surface area contributed by atoms with E-state index in [2.05, 4.69) is 0 Å². The minimum atomic E-state index is 0.189. The van der Waals surface area contributed by atoms with Crippen molar-refractivity contribution in [3.05, 3.63) is 59.7 Å². The van der Waals surface area contributed by atoms with Gasteiger partial charge in [0.15, 0.2) is 0 Å². The molecule has 2 aliphatic carbocycles. The molecular formula is C34H54N2O6. The summed E-state index contributed by atoms with van der Waals surface area (Å²) in [6.07, 6.45) is 9.93. The molecule has 2 aromatic carbocycles. The summed E-state index contributed by atoms with van der Waals surface area (Å²) in [5.41, 5.74) is 15.0. The van der Waals surface area contributed by atoms with E-state index in [-0.39, 0.29) is 24.4 Å². The third kappa shape index (κ3) is 14.3. The average Bonchev–Trinajstić information content (AvgIpc) is 3.00. The fraction of sp³-hybridized carbons (Fsp3) is 0.647. The van der Waals surface area contributed by atoms with Crippen LogP contribution >= 0.6 is 0 Å². The maximum absolute atomic E-state index is 6.03. The van der Waals surface area contributed by atoms with Gasteiger partial charge in [-0.3, -0.25) is 0 Å². The number of aryl methyl sites for hydroxylation is 2. The molecule has 236 valence electrons. The number of ether oxygens (including phenoxy) is 6. The Labute approximate surface area is 253 Å². The molecule has 4 N–H and O–H groups in total. The van der Waals surface area contributed by atoms with E-state index in [9.17, 15) is 0 Å². The number of nitrogens with two attached hydrogens (primary N) is 2. The molecule has 42 heavy (non-hydrogen) atoms. The van der Waals surface area contributed by atoms with Crippen molar-refractivity contribution in [2.75, 3.05) is 64.3 Å². The first-order valence-electron chi connectivity index (χ1n) is 15.8. The lowest BCUT2D eigenvalue weighted by atomic mass is 9.94. The highest BCUT2D eigenvalue weighted by molar-refractivity contribution is 5.39. The summed E-state index contributed by atoms with van der Waals surface area (Å²) in [6.45, 7) is 9.01.